The van der Waals surface area contributed by atoms with E-state index in [1.165, 1.54) is 6.33 Å². The molecule has 0 radical (unpaired) electrons. The molecule has 0 unspecified atom stereocenters. The van der Waals surface area contributed by atoms with E-state index in [2.05, 4.69) is 15.2 Å². The fourth-order valence-electron chi connectivity index (χ4n) is 3.66. The Morgan fingerprint density at radius 2 is 2.04 bits per heavy atom. The van der Waals surface area contributed by atoms with Crippen LogP contribution in [-0.4, -0.2) is 49.2 Å². The molecule has 1 amide bonds. The Kier molecular flexibility index (Phi) is 4.35. The van der Waals surface area contributed by atoms with Crippen molar-refractivity contribution in [3.63, 3.8) is 0 Å². The van der Waals surface area contributed by atoms with E-state index in [1.807, 2.05) is 0 Å². The third-order valence-corrected chi connectivity index (χ3v) is 5.05. The zero-order valence-electron chi connectivity index (χ0n) is 13.0. The molecule has 8 heteroatoms. The van der Waals surface area contributed by atoms with Crippen LogP contribution in [0.25, 0.3) is 0 Å². The van der Waals surface area contributed by atoms with Gasteiger partial charge in [-0.1, -0.05) is 19.3 Å². The lowest BCUT2D eigenvalue weighted by molar-refractivity contribution is -0.212. The van der Waals surface area contributed by atoms with Gasteiger partial charge in [-0.05, 0) is 32.1 Å². The van der Waals surface area contributed by atoms with Crippen LogP contribution in [0.2, 0.25) is 0 Å². The first-order valence-electron chi connectivity index (χ1n) is 8.22. The fraction of sp³-hybridized carbons (Fsp3) is 0.800. The maximum Gasteiger partial charge on any atom is 0.352 e. The van der Waals surface area contributed by atoms with Gasteiger partial charge in [0.2, 0.25) is 0 Å². The molecule has 1 saturated heterocycles. The largest absolute Gasteiger partial charge is 0.383 e. The molecule has 128 valence electrons. The highest BCUT2D eigenvalue weighted by atomic mass is 19.3. The number of aromatic nitrogens is 3. The number of carbonyl (C=O) groups excluding carboxylic acids is 1. The van der Waals surface area contributed by atoms with E-state index in [4.69, 9.17) is 0 Å². The van der Waals surface area contributed by atoms with Gasteiger partial charge in [-0.2, -0.15) is 13.9 Å². The second-order valence-electron chi connectivity index (χ2n) is 6.55. The molecule has 1 aromatic rings. The minimum atomic E-state index is -3.77. The zero-order valence-corrected chi connectivity index (χ0v) is 13.0. The van der Waals surface area contributed by atoms with Gasteiger partial charge in [0.25, 0.3) is 5.91 Å². The van der Waals surface area contributed by atoms with Gasteiger partial charge >= 0.3 is 5.92 Å². The number of piperidine rings is 1. The maximum atomic E-state index is 14.8. The van der Waals surface area contributed by atoms with E-state index >= 15 is 0 Å². The van der Waals surface area contributed by atoms with E-state index in [0.29, 0.717) is 31.5 Å². The van der Waals surface area contributed by atoms with Gasteiger partial charge in [0.05, 0.1) is 6.04 Å². The second kappa shape index (κ2) is 6.14. The summed E-state index contributed by atoms with van der Waals surface area (Å²) in [6, 6.07) is -0.531. The van der Waals surface area contributed by atoms with Crippen molar-refractivity contribution in [2.24, 2.45) is 0 Å². The summed E-state index contributed by atoms with van der Waals surface area (Å²) < 4.78 is 29.6. The minimum Gasteiger partial charge on any atom is -0.383 e. The third-order valence-electron chi connectivity index (χ3n) is 5.05. The lowest BCUT2D eigenvalue weighted by Crippen LogP contribution is -2.60. The van der Waals surface area contributed by atoms with Crippen LogP contribution in [0.4, 0.5) is 8.78 Å². The van der Waals surface area contributed by atoms with Crippen molar-refractivity contribution in [1.29, 1.82) is 0 Å². The van der Waals surface area contributed by atoms with Crippen LogP contribution in [0, 0.1) is 0 Å². The van der Waals surface area contributed by atoms with Crippen LogP contribution in [-0.2, 0) is 4.79 Å². The van der Waals surface area contributed by atoms with Crippen LogP contribution in [0.3, 0.4) is 0 Å². The van der Waals surface area contributed by atoms with E-state index in [0.717, 1.165) is 17.7 Å². The Hall–Kier alpha value is -1.57. The van der Waals surface area contributed by atoms with Crippen molar-refractivity contribution in [2.75, 3.05) is 6.54 Å². The van der Waals surface area contributed by atoms with Gasteiger partial charge < -0.3 is 10.0 Å². The SMILES string of the molecule is O=C(N1CCCC[C@H]1c1ncn[nH]1)C(F)(F)C1(O)CCCCC1. The number of aromatic amines is 1. The van der Waals surface area contributed by atoms with Crippen molar-refractivity contribution in [3.05, 3.63) is 12.2 Å². The zero-order chi connectivity index (χ0) is 16.5. The van der Waals surface area contributed by atoms with Crippen LogP contribution in [0.1, 0.15) is 63.2 Å². The van der Waals surface area contributed by atoms with Gasteiger partial charge in [-0.25, -0.2) is 4.98 Å². The average molecular weight is 328 g/mol. The van der Waals surface area contributed by atoms with Gasteiger partial charge in [0.1, 0.15) is 17.8 Å². The quantitative estimate of drug-likeness (QED) is 0.891. The molecule has 1 saturated carbocycles. The molecule has 6 nitrogen and oxygen atoms in total. The molecule has 2 N–H and O–H groups in total. The number of rotatable bonds is 3. The van der Waals surface area contributed by atoms with Crippen molar-refractivity contribution in [3.8, 4) is 0 Å². The molecular weight excluding hydrogens is 306 g/mol. The average Bonchev–Trinajstić information content (AvgIpc) is 3.09. The summed E-state index contributed by atoms with van der Waals surface area (Å²) in [6.07, 6.45) is 5.16. The first-order chi connectivity index (χ1) is 11.0. The number of nitrogens with zero attached hydrogens (tertiary/aromatic N) is 3. The first kappa shape index (κ1) is 16.3. The summed E-state index contributed by atoms with van der Waals surface area (Å²) in [7, 11) is 0. The lowest BCUT2D eigenvalue weighted by atomic mass is 9.79. The number of amides is 1. The van der Waals surface area contributed by atoms with E-state index in [1.54, 1.807) is 0 Å². The molecule has 23 heavy (non-hydrogen) atoms. The molecule has 0 bridgehead atoms. The number of carbonyl (C=O) groups is 1. The summed E-state index contributed by atoms with van der Waals surface area (Å²) in [5.74, 6) is -4.64. The van der Waals surface area contributed by atoms with E-state index in [9.17, 15) is 18.7 Å². The smallest absolute Gasteiger partial charge is 0.352 e. The number of aliphatic hydroxyl groups is 1. The monoisotopic (exact) mass is 328 g/mol. The molecular formula is C15H22F2N4O2. The van der Waals surface area contributed by atoms with Crippen LogP contribution < -0.4 is 0 Å². The number of H-pyrrole nitrogens is 1. The van der Waals surface area contributed by atoms with Gasteiger partial charge in [0, 0.05) is 6.54 Å². The topological polar surface area (TPSA) is 82.1 Å². The number of hydrogen-bond donors (Lipinski definition) is 2. The standard InChI is InChI=1S/C15H22F2N4O2/c16-15(17,14(23)7-3-1-4-8-14)13(22)21-9-5-2-6-11(21)12-18-10-19-20-12/h10-11,23H,1-9H2,(H,18,19,20)/t11-/m0/s1. The Bertz CT molecular complexity index is 544. The third kappa shape index (κ3) is 2.84. The highest BCUT2D eigenvalue weighted by Gasteiger charge is 2.60. The second-order valence-corrected chi connectivity index (χ2v) is 6.55. The molecule has 0 spiro atoms. The number of alkyl halides is 2. The molecule has 1 aliphatic heterocycles. The van der Waals surface area contributed by atoms with Crippen LogP contribution in [0.15, 0.2) is 6.33 Å². The molecule has 1 aliphatic carbocycles. The molecule has 0 aromatic carbocycles. The highest BCUT2D eigenvalue weighted by molar-refractivity contribution is 5.85. The number of hydrogen-bond acceptors (Lipinski definition) is 4. The molecule has 2 fully saturated rings. The van der Waals surface area contributed by atoms with Gasteiger partial charge in [-0.15, -0.1) is 0 Å². The van der Waals surface area contributed by atoms with Crippen LogP contribution >= 0.6 is 0 Å². The molecule has 2 aliphatic rings. The Morgan fingerprint density at radius 1 is 1.30 bits per heavy atom. The van der Waals surface area contributed by atoms with Crippen LogP contribution in [0.5, 0.6) is 0 Å². The highest BCUT2D eigenvalue weighted by Crippen LogP contribution is 2.43. The van der Waals surface area contributed by atoms with Crippen molar-refractivity contribution < 1.29 is 18.7 Å². The summed E-state index contributed by atoms with van der Waals surface area (Å²) >= 11 is 0. The summed E-state index contributed by atoms with van der Waals surface area (Å²) in [5.41, 5.74) is -2.23. The Labute approximate surface area is 133 Å². The number of halogens is 2. The molecule has 3 rings (SSSR count). The molecule has 2 heterocycles. The predicted octanol–water partition coefficient (Wildman–Crippen LogP) is 2.19. The normalized spacial score (nSPS) is 25.3. The maximum absolute atomic E-state index is 14.8. The predicted molar refractivity (Wildman–Crippen MR) is 77.7 cm³/mol. The number of nitrogens with one attached hydrogen (secondary N) is 1. The van der Waals surface area contributed by atoms with Crippen molar-refractivity contribution in [1.82, 2.24) is 20.1 Å². The summed E-state index contributed by atoms with van der Waals surface area (Å²) in [4.78, 5) is 17.8. The van der Waals surface area contributed by atoms with E-state index in [-0.39, 0.29) is 19.4 Å². The van der Waals surface area contributed by atoms with E-state index < -0.39 is 23.5 Å². The van der Waals surface area contributed by atoms with Gasteiger partial charge in [0.15, 0.2) is 0 Å². The molecule has 1 atom stereocenters. The van der Waals surface area contributed by atoms with Crippen molar-refractivity contribution >= 4 is 5.91 Å². The fourth-order valence-corrected chi connectivity index (χ4v) is 3.66. The summed E-state index contributed by atoms with van der Waals surface area (Å²) in [6.45, 7) is 0.246. The summed E-state index contributed by atoms with van der Waals surface area (Å²) in [5, 5.41) is 16.8. The van der Waals surface area contributed by atoms with Gasteiger partial charge in [-0.3, -0.25) is 9.89 Å². The first-order valence-corrected chi connectivity index (χ1v) is 8.22. The molecule has 1 aromatic heterocycles. The minimum absolute atomic E-state index is 0.0352. The van der Waals surface area contributed by atoms with Crippen molar-refractivity contribution in [2.45, 2.75) is 68.9 Å². The lowest BCUT2D eigenvalue weighted by Gasteiger charge is -2.42. The number of likely N-dealkylation sites (tertiary alicyclic amines) is 1. The Morgan fingerprint density at radius 3 is 2.70 bits per heavy atom. The Balaban J connectivity index is 1.84.